The molecule has 1 saturated heterocycles. The van der Waals surface area contributed by atoms with Gasteiger partial charge in [0.05, 0.1) is 0 Å². The number of aromatic hydroxyl groups is 1. The van der Waals surface area contributed by atoms with Crippen LogP contribution in [0.4, 0.5) is 0 Å². The van der Waals surface area contributed by atoms with Crippen molar-refractivity contribution in [2.24, 2.45) is 5.41 Å². The van der Waals surface area contributed by atoms with Crippen LogP contribution in [0.15, 0.2) is 18.2 Å². The standard InChI is InChI=1S/C17H25NO2/c1-4-17(5-2)8-10-18(11-9-17)16(20)14-6-7-15(19)13(3)12-14/h6-7,12,19H,4-5,8-11H2,1-3H3. The number of amides is 1. The molecule has 1 fully saturated rings. The molecule has 2 rings (SSSR count). The highest BCUT2D eigenvalue weighted by atomic mass is 16.3. The number of hydrogen-bond donors (Lipinski definition) is 1. The van der Waals surface area contributed by atoms with Gasteiger partial charge in [0, 0.05) is 18.7 Å². The largest absolute Gasteiger partial charge is 0.508 e. The average molecular weight is 275 g/mol. The van der Waals surface area contributed by atoms with Gasteiger partial charge in [-0.05, 0) is 48.9 Å². The Balaban J connectivity index is 2.06. The Bertz CT molecular complexity index is 482. The van der Waals surface area contributed by atoms with Gasteiger partial charge in [0.25, 0.3) is 5.91 Å². The molecule has 0 aromatic heterocycles. The minimum atomic E-state index is 0.0916. The molecule has 1 aliphatic rings. The van der Waals surface area contributed by atoms with Gasteiger partial charge in [-0.15, -0.1) is 0 Å². The fourth-order valence-corrected chi connectivity index (χ4v) is 3.11. The first-order chi connectivity index (χ1) is 9.51. The van der Waals surface area contributed by atoms with E-state index in [1.54, 1.807) is 18.2 Å². The number of carbonyl (C=O) groups is 1. The van der Waals surface area contributed by atoms with E-state index in [4.69, 9.17) is 0 Å². The van der Waals surface area contributed by atoms with Crippen molar-refractivity contribution in [2.75, 3.05) is 13.1 Å². The lowest BCUT2D eigenvalue weighted by atomic mass is 9.74. The number of nitrogens with zero attached hydrogens (tertiary/aromatic N) is 1. The number of likely N-dealkylation sites (tertiary alicyclic amines) is 1. The molecule has 110 valence electrons. The Labute approximate surface area is 121 Å². The molecule has 1 aromatic rings. The van der Waals surface area contributed by atoms with Gasteiger partial charge in [-0.25, -0.2) is 0 Å². The summed E-state index contributed by atoms with van der Waals surface area (Å²) >= 11 is 0. The van der Waals surface area contributed by atoms with Crippen LogP contribution in [0.3, 0.4) is 0 Å². The van der Waals surface area contributed by atoms with Crippen LogP contribution in [0.2, 0.25) is 0 Å². The number of aryl methyl sites for hydroxylation is 1. The van der Waals surface area contributed by atoms with Crippen LogP contribution in [0.25, 0.3) is 0 Å². The lowest BCUT2D eigenvalue weighted by Crippen LogP contribution is -2.42. The number of hydrogen-bond acceptors (Lipinski definition) is 2. The lowest BCUT2D eigenvalue weighted by molar-refractivity contribution is 0.0557. The van der Waals surface area contributed by atoms with Gasteiger partial charge >= 0.3 is 0 Å². The highest BCUT2D eigenvalue weighted by molar-refractivity contribution is 5.94. The Kier molecular flexibility index (Phi) is 4.36. The van der Waals surface area contributed by atoms with E-state index in [2.05, 4.69) is 13.8 Å². The van der Waals surface area contributed by atoms with Crippen molar-refractivity contribution in [2.45, 2.75) is 46.5 Å². The molecule has 0 aliphatic carbocycles. The molecule has 20 heavy (non-hydrogen) atoms. The summed E-state index contributed by atoms with van der Waals surface area (Å²) in [5.41, 5.74) is 1.87. The lowest BCUT2D eigenvalue weighted by Gasteiger charge is -2.41. The monoisotopic (exact) mass is 275 g/mol. The molecule has 1 amide bonds. The SMILES string of the molecule is CCC1(CC)CCN(C(=O)c2ccc(O)c(C)c2)CC1. The third kappa shape index (κ3) is 2.82. The van der Waals surface area contributed by atoms with Crippen molar-refractivity contribution in [1.82, 2.24) is 4.90 Å². The van der Waals surface area contributed by atoms with Gasteiger partial charge < -0.3 is 10.0 Å². The molecular weight excluding hydrogens is 250 g/mol. The van der Waals surface area contributed by atoms with Crippen LogP contribution in [0.1, 0.15) is 55.5 Å². The number of phenols is 1. The van der Waals surface area contributed by atoms with E-state index in [9.17, 15) is 9.90 Å². The number of phenolic OH excluding ortho intramolecular Hbond substituents is 1. The first-order valence-electron chi connectivity index (χ1n) is 7.60. The van der Waals surface area contributed by atoms with Crippen LogP contribution in [-0.2, 0) is 0 Å². The molecule has 0 saturated carbocycles. The van der Waals surface area contributed by atoms with Crippen LogP contribution < -0.4 is 0 Å². The maximum atomic E-state index is 12.5. The second kappa shape index (κ2) is 5.86. The summed E-state index contributed by atoms with van der Waals surface area (Å²) in [5.74, 6) is 0.338. The van der Waals surface area contributed by atoms with Gasteiger partial charge in [0.1, 0.15) is 5.75 Å². The molecular formula is C17H25NO2. The minimum absolute atomic E-state index is 0.0916. The van der Waals surface area contributed by atoms with Crippen LogP contribution in [0.5, 0.6) is 5.75 Å². The molecule has 0 bridgehead atoms. The van der Waals surface area contributed by atoms with Gasteiger partial charge in [-0.1, -0.05) is 26.7 Å². The van der Waals surface area contributed by atoms with Crippen molar-refractivity contribution in [3.8, 4) is 5.75 Å². The number of piperidine rings is 1. The highest BCUT2D eigenvalue weighted by Crippen LogP contribution is 2.38. The molecule has 1 N–H and O–H groups in total. The van der Waals surface area contributed by atoms with Crippen LogP contribution >= 0.6 is 0 Å². The predicted octanol–water partition coefficient (Wildman–Crippen LogP) is 3.74. The average Bonchev–Trinajstić information content (AvgIpc) is 2.49. The smallest absolute Gasteiger partial charge is 0.253 e. The fraction of sp³-hybridized carbons (Fsp3) is 0.588. The predicted molar refractivity (Wildman–Crippen MR) is 81.0 cm³/mol. The van der Waals surface area contributed by atoms with E-state index in [0.717, 1.165) is 31.5 Å². The normalized spacial score (nSPS) is 18.1. The molecule has 0 spiro atoms. The second-order valence-corrected chi connectivity index (χ2v) is 6.00. The minimum Gasteiger partial charge on any atom is -0.508 e. The summed E-state index contributed by atoms with van der Waals surface area (Å²) < 4.78 is 0. The highest BCUT2D eigenvalue weighted by Gasteiger charge is 2.33. The fourth-order valence-electron chi connectivity index (χ4n) is 3.11. The van der Waals surface area contributed by atoms with Gasteiger partial charge in [0.2, 0.25) is 0 Å². The summed E-state index contributed by atoms with van der Waals surface area (Å²) in [7, 11) is 0. The Morgan fingerprint density at radius 3 is 2.35 bits per heavy atom. The first-order valence-corrected chi connectivity index (χ1v) is 7.60. The Hall–Kier alpha value is -1.51. The quantitative estimate of drug-likeness (QED) is 0.912. The molecule has 0 atom stereocenters. The van der Waals surface area contributed by atoms with E-state index in [-0.39, 0.29) is 11.7 Å². The number of rotatable bonds is 3. The van der Waals surface area contributed by atoms with Crippen molar-refractivity contribution >= 4 is 5.91 Å². The summed E-state index contributed by atoms with van der Waals surface area (Å²) in [6, 6.07) is 5.10. The topological polar surface area (TPSA) is 40.5 Å². The molecule has 0 unspecified atom stereocenters. The van der Waals surface area contributed by atoms with Crippen molar-refractivity contribution < 1.29 is 9.90 Å². The number of carbonyl (C=O) groups excluding carboxylic acids is 1. The maximum absolute atomic E-state index is 12.5. The molecule has 3 nitrogen and oxygen atoms in total. The molecule has 1 aliphatic heterocycles. The van der Waals surface area contributed by atoms with Gasteiger partial charge in [-0.3, -0.25) is 4.79 Å². The van der Waals surface area contributed by atoms with E-state index in [0.29, 0.717) is 11.0 Å². The first kappa shape index (κ1) is 14.9. The second-order valence-electron chi connectivity index (χ2n) is 6.00. The summed E-state index contributed by atoms with van der Waals surface area (Å²) in [6.45, 7) is 8.02. The molecule has 3 heteroatoms. The van der Waals surface area contributed by atoms with Gasteiger partial charge in [0.15, 0.2) is 0 Å². The molecule has 1 heterocycles. The van der Waals surface area contributed by atoms with Crippen molar-refractivity contribution in [3.63, 3.8) is 0 Å². The Morgan fingerprint density at radius 2 is 1.85 bits per heavy atom. The number of benzene rings is 1. The van der Waals surface area contributed by atoms with E-state index >= 15 is 0 Å². The molecule has 0 radical (unpaired) electrons. The van der Waals surface area contributed by atoms with Crippen molar-refractivity contribution in [1.29, 1.82) is 0 Å². The van der Waals surface area contributed by atoms with E-state index in [1.807, 2.05) is 11.8 Å². The van der Waals surface area contributed by atoms with E-state index in [1.165, 1.54) is 12.8 Å². The summed E-state index contributed by atoms with van der Waals surface area (Å²) in [6.07, 6.45) is 4.60. The van der Waals surface area contributed by atoms with Crippen LogP contribution in [-0.4, -0.2) is 29.0 Å². The zero-order valence-corrected chi connectivity index (χ0v) is 12.8. The maximum Gasteiger partial charge on any atom is 0.253 e. The third-order valence-electron chi connectivity index (χ3n) is 5.06. The van der Waals surface area contributed by atoms with Crippen molar-refractivity contribution in [3.05, 3.63) is 29.3 Å². The van der Waals surface area contributed by atoms with E-state index < -0.39 is 0 Å². The zero-order valence-electron chi connectivity index (χ0n) is 12.8. The van der Waals surface area contributed by atoms with Gasteiger partial charge in [-0.2, -0.15) is 0 Å². The molecule has 1 aromatic carbocycles. The zero-order chi connectivity index (χ0) is 14.8. The third-order valence-corrected chi connectivity index (χ3v) is 5.06. The Morgan fingerprint density at radius 1 is 1.25 bits per heavy atom. The summed E-state index contributed by atoms with van der Waals surface area (Å²) in [5, 5.41) is 9.54. The summed E-state index contributed by atoms with van der Waals surface area (Å²) in [4.78, 5) is 14.4. The van der Waals surface area contributed by atoms with Crippen LogP contribution in [0, 0.1) is 12.3 Å².